The Balaban J connectivity index is 2.80. The molecule has 3 nitrogen and oxygen atoms in total. The van der Waals surface area contributed by atoms with Gasteiger partial charge in [-0.3, -0.25) is 0 Å². The maximum absolute atomic E-state index is 4.10. The average molecular weight is 163 g/mol. The molecule has 0 amide bonds. The van der Waals surface area contributed by atoms with E-state index in [9.17, 15) is 0 Å². The molecule has 1 rings (SSSR count). The third-order valence-electron chi connectivity index (χ3n) is 1.53. The summed E-state index contributed by atoms with van der Waals surface area (Å²) in [6.45, 7) is 4.00. The van der Waals surface area contributed by atoms with E-state index in [4.69, 9.17) is 0 Å². The third-order valence-corrected chi connectivity index (χ3v) is 1.53. The zero-order valence-corrected chi connectivity index (χ0v) is 7.44. The van der Waals surface area contributed by atoms with Crippen molar-refractivity contribution in [3.05, 3.63) is 11.9 Å². The van der Waals surface area contributed by atoms with Gasteiger partial charge in [0.05, 0.1) is 0 Å². The van der Waals surface area contributed by atoms with Crippen LogP contribution in [0.2, 0.25) is 0 Å². The maximum Gasteiger partial charge on any atom is 0.149 e. The maximum atomic E-state index is 4.10. The van der Waals surface area contributed by atoms with Crippen molar-refractivity contribution in [3.63, 3.8) is 0 Å². The van der Waals surface area contributed by atoms with Crippen molar-refractivity contribution in [3.8, 4) is 0 Å². The molecule has 12 heavy (non-hydrogen) atoms. The van der Waals surface area contributed by atoms with E-state index in [2.05, 4.69) is 21.9 Å². The fraction of sp³-hybridized carbons (Fsp3) is 0.444. The van der Waals surface area contributed by atoms with Crippen LogP contribution < -0.4 is 0 Å². The fourth-order valence-electron chi connectivity index (χ4n) is 0.941. The zero-order valence-electron chi connectivity index (χ0n) is 7.44. The van der Waals surface area contributed by atoms with Crippen molar-refractivity contribution >= 4 is 18.8 Å². The highest BCUT2D eigenvalue weighted by atomic mass is 15.0. The Kier molecular flexibility index (Phi) is 3.38. The van der Waals surface area contributed by atoms with Gasteiger partial charge in [0, 0.05) is 12.4 Å². The summed E-state index contributed by atoms with van der Waals surface area (Å²) >= 11 is 0. The molecule has 0 spiro atoms. The Hall–Kier alpha value is -1.25. The first kappa shape index (κ1) is 8.84. The van der Waals surface area contributed by atoms with Crippen LogP contribution in [0.15, 0.2) is 26.9 Å². The van der Waals surface area contributed by atoms with Gasteiger partial charge in [-0.1, -0.05) is 6.92 Å². The molecule has 1 heterocycles. The highest BCUT2D eigenvalue weighted by Gasteiger charge is 1.99. The summed E-state index contributed by atoms with van der Waals surface area (Å²) < 4.78 is 0. The first-order chi connectivity index (χ1) is 5.83. The molecule has 0 saturated heterocycles. The lowest BCUT2D eigenvalue weighted by molar-refractivity contribution is 0.764. The van der Waals surface area contributed by atoms with Crippen LogP contribution >= 0.6 is 0 Å². The summed E-state index contributed by atoms with van der Waals surface area (Å²) in [6.07, 6.45) is 8.14. The third kappa shape index (κ3) is 2.78. The van der Waals surface area contributed by atoms with E-state index in [1.807, 2.05) is 19.2 Å². The molecule has 1 atom stereocenters. The van der Waals surface area contributed by atoms with Gasteiger partial charge < -0.3 is 0 Å². The average Bonchev–Trinajstić information content (AvgIpc) is 2.00. The molecule has 1 aliphatic heterocycles. The molecule has 0 radical (unpaired) electrons. The molecule has 0 aromatic carbocycles. The van der Waals surface area contributed by atoms with E-state index in [-0.39, 0.29) is 0 Å². The van der Waals surface area contributed by atoms with E-state index in [0.29, 0.717) is 5.92 Å². The van der Waals surface area contributed by atoms with Gasteiger partial charge in [0.15, 0.2) is 0 Å². The van der Waals surface area contributed by atoms with E-state index in [1.54, 1.807) is 6.21 Å². The lowest BCUT2D eigenvalue weighted by Gasteiger charge is -2.03. The van der Waals surface area contributed by atoms with Crippen LogP contribution in [0.25, 0.3) is 0 Å². The predicted molar refractivity (Wildman–Crippen MR) is 53.0 cm³/mol. The Morgan fingerprint density at radius 1 is 1.67 bits per heavy atom. The Morgan fingerprint density at radius 2 is 2.50 bits per heavy atom. The van der Waals surface area contributed by atoms with Gasteiger partial charge in [-0.2, -0.15) is 0 Å². The molecular formula is C9H13N3. The summed E-state index contributed by atoms with van der Waals surface area (Å²) in [6, 6.07) is 0. The lowest BCUT2D eigenvalue weighted by atomic mass is 10.1. The van der Waals surface area contributed by atoms with Crippen molar-refractivity contribution in [1.29, 1.82) is 0 Å². The molecule has 0 aromatic heterocycles. The second-order valence-electron chi connectivity index (χ2n) is 2.70. The van der Waals surface area contributed by atoms with Crippen molar-refractivity contribution in [2.75, 3.05) is 0 Å². The molecular weight excluding hydrogens is 150 g/mol. The normalized spacial score (nSPS) is 28.2. The minimum Gasteiger partial charge on any atom is -0.249 e. The van der Waals surface area contributed by atoms with Gasteiger partial charge in [0.2, 0.25) is 0 Å². The van der Waals surface area contributed by atoms with Crippen LogP contribution in [0.1, 0.15) is 20.3 Å². The highest BCUT2D eigenvalue weighted by Crippen LogP contribution is 2.09. The smallest absolute Gasteiger partial charge is 0.149 e. The molecule has 0 saturated carbocycles. The molecule has 0 bridgehead atoms. The van der Waals surface area contributed by atoms with Crippen LogP contribution in [0.4, 0.5) is 0 Å². The summed E-state index contributed by atoms with van der Waals surface area (Å²) in [7, 11) is 0. The molecule has 0 N–H and O–H groups in total. The second kappa shape index (κ2) is 4.59. The molecule has 0 aliphatic carbocycles. The van der Waals surface area contributed by atoms with Gasteiger partial charge in [0.1, 0.15) is 12.2 Å². The van der Waals surface area contributed by atoms with Crippen LogP contribution in [-0.4, -0.2) is 18.8 Å². The van der Waals surface area contributed by atoms with E-state index >= 15 is 0 Å². The Morgan fingerprint density at radius 3 is 3.25 bits per heavy atom. The van der Waals surface area contributed by atoms with Gasteiger partial charge in [0.25, 0.3) is 0 Å². The number of aliphatic imine (C=N–C) groups is 3. The fourth-order valence-corrected chi connectivity index (χ4v) is 0.941. The number of nitrogens with zero attached hydrogens (tertiary/aromatic N) is 3. The highest BCUT2D eigenvalue weighted by molar-refractivity contribution is 5.73. The Labute approximate surface area is 72.6 Å². The van der Waals surface area contributed by atoms with Crippen molar-refractivity contribution < 1.29 is 0 Å². The zero-order chi connectivity index (χ0) is 8.81. The first-order valence-corrected chi connectivity index (χ1v) is 4.07. The van der Waals surface area contributed by atoms with E-state index in [0.717, 1.165) is 12.2 Å². The summed E-state index contributed by atoms with van der Waals surface area (Å²) in [5, 5.41) is 0. The van der Waals surface area contributed by atoms with Crippen LogP contribution in [0.5, 0.6) is 0 Å². The van der Waals surface area contributed by atoms with Crippen molar-refractivity contribution in [2.45, 2.75) is 20.3 Å². The van der Waals surface area contributed by atoms with Gasteiger partial charge >= 0.3 is 0 Å². The van der Waals surface area contributed by atoms with E-state index < -0.39 is 0 Å². The molecule has 1 unspecified atom stereocenters. The van der Waals surface area contributed by atoms with Crippen LogP contribution in [-0.2, 0) is 0 Å². The topological polar surface area (TPSA) is 37.1 Å². The molecule has 1 aliphatic rings. The largest absolute Gasteiger partial charge is 0.249 e. The number of rotatable bonds is 1. The molecule has 3 heteroatoms. The first-order valence-electron chi connectivity index (χ1n) is 4.07. The minimum atomic E-state index is 0.463. The quantitative estimate of drug-likeness (QED) is 0.531. The molecule has 0 aromatic rings. The summed E-state index contributed by atoms with van der Waals surface area (Å²) in [5.74, 6) is 1.21. The molecule has 64 valence electrons. The Bertz CT molecular complexity index is 248. The summed E-state index contributed by atoms with van der Waals surface area (Å²) in [5.41, 5.74) is 0. The minimum absolute atomic E-state index is 0.463. The number of hydrogen-bond donors (Lipinski definition) is 0. The van der Waals surface area contributed by atoms with Gasteiger partial charge in [-0.05, 0) is 25.3 Å². The van der Waals surface area contributed by atoms with Crippen molar-refractivity contribution in [1.82, 2.24) is 0 Å². The lowest BCUT2D eigenvalue weighted by Crippen LogP contribution is -1.94. The van der Waals surface area contributed by atoms with Crippen LogP contribution in [0, 0.1) is 5.92 Å². The SMILES string of the molecule is CC=N/C1=C\C(C)CC=NC=N1. The predicted octanol–water partition coefficient (Wildman–Crippen LogP) is 2.06. The van der Waals surface area contributed by atoms with Gasteiger partial charge in [-0.25, -0.2) is 15.0 Å². The number of allylic oxidation sites excluding steroid dienone is 1. The van der Waals surface area contributed by atoms with Crippen LogP contribution in [0.3, 0.4) is 0 Å². The van der Waals surface area contributed by atoms with E-state index in [1.165, 1.54) is 6.34 Å². The monoisotopic (exact) mass is 163 g/mol. The molecule has 0 fully saturated rings. The standard InChI is InChI=1S/C9H13N3/c1-3-11-9-6-8(2)4-5-10-7-12-9/h3,5-8H,4H2,1-2H3/b9-6+,10-5?,11-3?,12-7?. The van der Waals surface area contributed by atoms with Gasteiger partial charge in [-0.15, -0.1) is 0 Å². The second-order valence-corrected chi connectivity index (χ2v) is 2.70. The number of hydrogen-bond acceptors (Lipinski definition) is 3. The summed E-state index contributed by atoms with van der Waals surface area (Å²) in [4.78, 5) is 12.1. The van der Waals surface area contributed by atoms with Crippen molar-refractivity contribution in [2.24, 2.45) is 20.9 Å².